The number of hydrogen-bond acceptors (Lipinski definition) is 4. The summed E-state index contributed by atoms with van der Waals surface area (Å²) < 4.78 is 0.496. The molecule has 6 heteroatoms. The zero-order valence-corrected chi connectivity index (χ0v) is 18.5. The summed E-state index contributed by atoms with van der Waals surface area (Å²) in [4.78, 5) is 27.0. The maximum atomic E-state index is 12.7. The Morgan fingerprint density at radius 2 is 1.77 bits per heavy atom. The number of nitrogens with one attached hydrogen (secondary N) is 1. The Balaban J connectivity index is 1.49. The van der Waals surface area contributed by atoms with Crippen LogP contribution in [0.5, 0.6) is 0 Å². The van der Waals surface area contributed by atoms with Gasteiger partial charge < -0.3 is 5.32 Å². The number of thioether (sulfide) groups is 1. The van der Waals surface area contributed by atoms with E-state index in [0.717, 1.165) is 17.6 Å². The molecule has 3 rings (SSSR count). The molecule has 1 fully saturated rings. The number of nitrogens with zero attached hydrogens (tertiary/aromatic N) is 1. The fourth-order valence-electron chi connectivity index (χ4n) is 3.05. The molecule has 0 atom stereocenters. The molecule has 30 heavy (non-hydrogen) atoms. The van der Waals surface area contributed by atoms with E-state index in [2.05, 4.69) is 5.32 Å². The van der Waals surface area contributed by atoms with Gasteiger partial charge >= 0.3 is 0 Å². The molecule has 154 valence electrons. The van der Waals surface area contributed by atoms with Gasteiger partial charge in [0.15, 0.2) is 0 Å². The topological polar surface area (TPSA) is 49.4 Å². The number of thiocarbonyl (C=S) groups is 1. The van der Waals surface area contributed by atoms with Crippen molar-refractivity contribution in [3.05, 3.63) is 88.3 Å². The van der Waals surface area contributed by atoms with Gasteiger partial charge in [0.05, 0.1) is 4.91 Å². The first-order valence-electron chi connectivity index (χ1n) is 9.82. The highest BCUT2D eigenvalue weighted by Crippen LogP contribution is 2.32. The Kier molecular flexibility index (Phi) is 7.99. The first-order chi connectivity index (χ1) is 14.5. The van der Waals surface area contributed by atoms with Crippen LogP contribution in [-0.4, -0.2) is 34.1 Å². The third-order valence-electron chi connectivity index (χ3n) is 4.57. The van der Waals surface area contributed by atoms with E-state index in [1.165, 1.54) is 22.2 Å². The third-order valence-corrected chi connectivity index (χ3v) is 5.95. The minimum Gasteiger partial charge on any atom is -0.356 e. The summed E-state index contributed by atoms with van der Waals surface area (Å²) in [5.41, 5.74) is 3.23. The normalized spacial score (nSPS) is 15.7. The number of rotatable bonds is 8. The minimum absolute atomic E-state index is 0.0795. The van der Waals surface area contributed by atoms with Gasteiger partial charge in [0.2, 0.25) is 5.91 Å². The molecule has 0 aromatic heterocycles. The van der Waals surface area contributed by atoms with Crippen LogP contribution in [0.4, 0.5) is 0 Å². The van der Waals surface area contributed by atoms with Crippen molar-refractivity contribution in [1.29, 1.82) is 0 Å². The zero-order chi connectivity index (χ0) is 21.3. The predicted molar refractivity (Wildman–Crippen MR) is 128 cm³/mol. The first-order valence-corrected chi connectivity index (χ1v) is 11.0. The highest BCUT2D eigenvalue weighted by atomic mass is 32.2. The van der Waals surface area contributed by atoms with Gasteiger partial charge in [-0.3, -0.25) is 14.5 Å². The maximum Gasteiger partial charge on any atom is 0.266 e. The van der Waals surface area contributed by atoms with Crippen molar-refractivity contribution in [2.75, 3.05) is 13.1 Å². The Morgan fingerprint density at radius 1 is 1.10 bits per heavy atom. The Bertz CT molecular complexity index is 969. The molecule has 1 heterocycles. The largest absolute Gasteiger partial charge is 0.356 e. The molecule has 0 saturated carbocycles. The average Bonchev–Trinajstić information content (AvgIpc) is 3.00. The molecule has 2 amide bonds. The van der Waals surface area contributed by atoms with Crippen LogP contribution in [0.1, 0.15) is 24.5 Å². The summed E-state index contributed by atoms with van der Waals surface area (Å²) in [6, 6.07) is 19.9. The molecular formula is C24H24N2O2S2. The highest BCUT2D eigenvalue weighted by molar-refractivity contribution is 8.26. The van der Waals surface area contributed by atoms with Crippen molar-refractivity contribution in [3.63, 3.8) is 0 Å². The molecule has 1 aliphatic heterocycles. The van der Waals surface area contributed by atoms with Gasteiger partial charge in [-0.25, -0.2) is 0 Å². The molecule has 1 saturated heterocycles. The van der Waals surface area contributed by atoms with Crippen LogP contribution >= 0.6 is 24.0 Å². The standard InChI is InChI=1S/C24H24N2O2S2/c1-18(16-20-10-6-3-7-11-20)17-21-23(28)26(24(29)30-21)15-13-22(27)25-14-12-19-8-4-2-5-9-19/h2-11,16-17H,12-15H2,1H3,(H,25,27)/b18-16+,21-17-. The van der Waals surface area contributed by atoms with Gasteiger partial charge in [-0.1, -0.05) is 90.7 Å². The SMILES string of the molecule is CC(/C=C1\SC(=S)N(CCC(=O)NCCc2ccccc2)C1=O)=C\c1ccccc1. The summed E-state index contributed by atoms with van der Waals surface area (Å²) in [5.74, 6) is -0.216. The summed E-state index contributed by atoms with van der Waals surface area (Å²) in [5, 5.41) is 2.90. The van der Waals surface area contributed by atoms with E-state index in [-0.39, 0.29) is 18.2 Å². The molecular weight excluding hydrogens is 412 g/mol. The van der Waals surface area contributed by atoms with Crippen LogP contribution in [0.15, 0.2) is 77.2 Å². The minimum atomic E-state index is -0.136. The molecule has 1 aliphatic rings. The van der Waals surface area contributed by atoms with Crippen molar-refractivity contribution in [1.82, 2.24) is 10.2 Å². The quantitative estimate of drug-likeness (QED) is 0.486. The van der Waals surface area contributed by atoms with Gasteiger partial charge in [-0.05, 0) is 36.1 Å². The molecule has 1 N–H and O–H groups in total. The van der Waals surface area contributed by atoms with Crippen LogP contribution in [0.2, 0.25) is 0 Å². The monoisotopic (exact) mass is 436 g/mol. The van der Waals surface area contributed by atoms with Gasteiger partial charge in [0.25, 0.3) is 5.91 Å². The summed E-state index contributed by atoms with van der Waals surface area (Å²) in [6.45, 7) is 2.82. The average molecular weight is 437 g/mol. The van der Waals surface area contributed by atoms with Crippen LogP contribution < -0.4 is 5.32 Å². The van der Waals surface area contributed by atoms with Gasteiger partial charge in [0.1, 0.15) is 4.32 Å². The number of benzene rings is 2. The van der Waals surface area contributed by atoms with Gasteiger partial charge in [-0.15, -0.1) is 0 Å². The highest BCUT2D eigenvalue weighted by Gasteiger charge is 2.31. The Hall–Kier alpha value is -2.70. The second-order valence-corrected chi connectivity index (χ2v) is 8.64. The third kappa shape index (κ3) is 6.40. The molecule has 0 unspecified atom stereocenters. The fourth-order valence-corrected chi connectivity index (χ4v) is 4.40. The molecule has 2 aromatic rings. The lowest BCUT2D eigenvalue weighted by atomic mass is 10.1. The molecule has 4 nitrogen and oxygen atoms in total. The molecule has 0 spiro atoms. The van der Waals surface area contributed by atoms with Crippen LogP contribution in [0, 0.1) is 0 Å². The van der Waals surface area contributed by atoms with Crippen molar-refractivity contribution >= 4 is 46.2 Å². The smallest absolute Gasteiger partial charge is 0.266 e. The molecule has 0 radical (unpaired) electrons. The second kappa shape index (κ2) is 10.9. The number of amides is 2. The lowest BCUT2D eigenvalue weighted by Crippen LogP contribution is -2.34. The fraction of sp³-hybridized carbons (Fsp3) is 0.208. The van der Waals surface area contributed by atoms with E-state index >= 15 is 0 Å². The van der Waals surface area contributed by atoms with Crippen molar-refractivity contribution in [2.24, 2.45) is 0 Å². The van der Waals surface area contributed by atoms with Crippen LogP contribution in [0.25, 0.3) is 6.08 Å². The predicted octanol–water partition coefficient (Wildman–Crippen LogP) is 4.58. The van der Waals surface area contributed by atoms with E-state index in [9.17, 15) is 9.59 Å². The second-order valence-electron chi connectivity index (χ2n) is 6.97. The first kappa shape index (κ1) is 22.0. The van der Waals surface area contributed by atoms with Crippen molar-refractivity contribution < 1.29 is 9.59 Å². The number of hydrogen-bond donors (Lipinski definition) is 1. The van der Waals surface area contributed by atoms with Crippen molar-refractivity contribution in [2.45, 2.75) is 19.8 Å². The van der Waals surface area contributed by atoms with Gasteiger partial charge in [-0.2, -0.15) is 0 Å². The lowest BCUT2D eigenvalue weighted by Gasteiger charge is -2.14. The van der Waals surface area contributed by atoms with E-state index in [1.807, 2.05) is 79.7 Å². The lowest BCUT2D eigenvalue weighted by molar-refractivity contribution is -0.123. The Morgan fingerprint density at radius 3 is 2.47 bits per heavy atom. The maximum absolute atomic E-state index is 12.7. The number of allylic oxidation sites excluding steroid dienone is 2. The van der Waals surface area contributed by atoms with Crippen LogP contribution in [-0.2, 0) is 16.0 Å². The summed E-state index contributed by atoms with van der Waals surface area (Å²) in [7, 11) is 0. The Labute approximate surface area is 187 Å². The summed E-state index contributed by atoms with van der Waals surface area (Å²) in [6.07, 6.45) is 4.88. The molecule has 0 aliphatic carbocycles. The number of carbonyl (C=O) groups is 2. The van der Waals surface area contributed by atoms with E-state index in [0.29, 0.717) is 22.3 Å². The van der Waals surface area contributed by atoms with E-state index in [4.69, 9.17) is 12.2 Å². The van der Waals surface area contributed by atoms with Crippen molar-refractivity contribution in [3.8, 4) is 0 Å². The van der Waals surface area contributed by atoms with Crippen LogP contribution in [0.3, 0.4) is 0 Å². The van der Waals surface area contributed by atoms with E-state index in [1.54, 1.807) is 0 Å². The van der Waals surface area contributed by atoms with Gasteiger partial charge in [0, 0.05) is 19.5 Å². The van der Waals surface area contributed by atoms with E-state index < -0.39 is 0 Å². The molecule has 0 bridgehead atoms. The number of carbonyl (C=O) groups excluding carboxylic acids is 2. The molecule has 2 aromatic carbocycles. The summed E-state index contributed by atoms with van der Waals surface area (Å²) >= 11 is 6.64. The zero-order valence-electron chi connectivity index (χ0n) is 16.8.